The van der Waals surface area contributed by atoms with Gasteiger partial charge in [0.15, 0.2) is 0 Å². The zero-order valence-corrected chi connectivity index (χ0v) is 14.4. The van der Waals surface area contributed by atoms with Gasteiger partial charge in [0.25, 0.3) is 5.69 Å². The number of carbonyl (C=O) groups excluding carboxylic acids is 1. The number of benzene rings is 1. The molecule has 2 N–H and O–H groups in total. The number of amides is 1. The Morgan fingerprint density at radius 1 is 1.43 bits per heavy atom. The third-order valence-corrected chi connectivity index (χ3v) is 3.13. The summed E-state index contributed by atoms with van der Waals surface area (Å²) in [5.74, 6) is -1.21. The zero-order valence-electron chi connectivity index (χ0n) is 12.8. The fourth-order valence-electron chi connectivity index (χ4n) is 1.83. The average Bonchev–Trinajstić information content (AvgIpc) is 2.34. The van der Waals surface area contributed by atoms with Crippen LogP contribution in [0, 0.1) is 10.1 Å². The van der Waals surface area contributed by atoms with E-state index in [2.05, 4.69) is 21.2 Å². The molecule has 23 heavy (non-hydrogen) atoms. The second kappa shape index (κ2) is 7.40. The van der Waals surface area contributed by atoms with Crippen LogP contribution in [-0.4, -0.2) is 27.7 Å². The van der Waals surface area contributed by atoms with Crippen molar-refractivity contribution in [3.63, 3.8) is 0 Å². The summed E-state index contributed by atoms with van der Waals surface area (Å²) in [5.41, 5.74) is -0.975. The summed E-state index contributed by atoms with van der Waals surface area (Å²) in [6, 6.07) is 3.10. The van der Waals surface area contributed by atoms with E-state index in [1.807, 2.05) is 0 Å². The molecule has 0 spiro atoms. The molecule has 0 heterocycles. The first kappa shape index (κ1) is 18.9. The third kappa shape index (κ3) is 6.23. The Kier molecular flexibility index (Phi) is 6.08. The fourth-order valence-corrected chi connectivity index (χ4v) is 2.18. The number of carboxylic acids is 1. The van der Waals surface area contributed by atoms with Crippen molar-refractivity contribution < 1.29 is 24.4 Å². The second-order valence-electron chi connectivity index (χ2n) is 5.76. The molecule has 1 rings (SSSR count). The average molecular weight is 389 g/mol. The molecule has 8 nitrogen and oxygen atoms in total. The Morgan fingerprint density at radius 2 is 2.04 bits per heavy atom. The standard InChI is InChI=1S/C14H17BrN2O6/c1-14(2,3)23-13(20)16-10(7-12(18)19)9-5-4-8(15)6-11(9)17(21)22/h4-6,10H,7H2,1-3H3,(H,16,20)(H,18,19)/t10-/m0/s1. The number of nitrogens with one attached hydrogen (secondary N) is 1. The van der Waals surface area contributed by atoms with Gasteiger partial charge in [-0.1, -0.05) is 15.9 Å². The van der Waals surface area contributed by atoms with E-state index >= 15 is 0 Å². The molecule has 0 unspecified atom stereocenters. The van der Waals surface area contributed by atoms with Crippen molar-refractivity contribution in [1.29, 1.82) is 0 Å². The molecule has 0 aliphatic rings. The van der Waals surface area contributed by atoms with E-state index in [1.54, 1.807) is 20.8 Å². The molecule has 0 bridgehead atoms. The van der Waals surface area contributed by atoms with Gasteiger partial charge in [0.2, 0.25) is 0 Å². The van der Waals surface area contributed by atoms with Crippen LogP contribution in [0.1, 0.15) is 38.8 Å². The van der Waals surface area contributed by atoms with Gasteiger partial charge in [-0.3, -0.25) is 14.9 Å². The van der Waals surface area contributed by atoms with Crippen molar-refractivity contribution in [2.45, 2.75) is 38.8 Å². The highest BCUT2D eigenvalue weighted by molar-refractivity contribution is 9.10. The SMILES string of the molecule is CC(C)(C)OC(=O)N[C@@H](CC(=O)O)c1ccc(Br)cc1[N+](=O)[O-]. The summed E-state index contributed by atoms with van der Waals surface area (Å²) in [6.07, 6.45) is -1.36. The maximum atomic E-state index is 11.9. The smallest absolute Gasteiger partial charge is 0.408 e. The molecule has 1 aromatic carbocycles. The lowest BCUT2D eigenvalue weighted by molar-refractivity contribution is -0.385. The van der Waals surface area contributed by atoms with Crippen LogP contribution in [0.4, 0.5) is 10.5 Å². The molecular formula is C14H17BrN2O6. The maximum absolute atomic E-state index is 11.9. The van der Waals surface area contributed by atoms with Crippen molar-refractivity contribution in [1.82, 2.24) is 5.32 Å². The van der Waals surface area contributed by atoms with Crippen molar-refractivity contribution in [3.8, 4) is 0 Å². The van der Waals surface area contributed by atoms with Gasteiger partial charge in [-0.25, -0.2) is 4.79 Å². The van der Waals surface area contributed by atoms with Gasteiger partial charge in [0, 0.05) is 10.5 Å². The van der Waals surface area contributed by atoms with Crippen LogP contribution >= 0.6 is 15.9 Å². The molecule has 0 saturated carbocycles. The molecule has 1 amide bonds. The van der Waals surface area contributed by atoms with E-state index in [-0.39, 0.29) is 11.3 Å². The topological polar surface area (TPSA) is 119 Å². The van der Waals surface area contributed by atoms with Crippen LogP contribution in [0.3, 0.4) is 0 Å². The molecule has 0 aliphatic heterocycles. The molecule has 0 saturated heterocycles. The normalized spacial score (nSPS) is 12.3. The van der Waals surface area contributed by atoms with Gasteiger partial charge in [-0.05, 0) is 32.9 Å². The summed E-state index contributed by atoms with van der Waals surface area (Å²) < 4.78 is 5.54. The largest absolute Gasteiger partial charge is 0.481 e. The number of hydrogen-bond acceptors (Lipinski definition) is 5. The Hall–Kier alpha value is -2.16. The van der Waals surface area contributed by atoms with Gasteiger partial charge >= 0.3 is 12.1 Å². The fraction of sp³-hybridized carbons (Fsp3) is 0.429. The summed E-state index contributed by atoms with van der Waals surface area (Å²) in [4.78, 5) is 33.4. The van der Waals surface area contributed by atoms with Gasteiger partial charge in [-0.15, -0.1) is 0 Å². The lowest BCUT2D eigenvalue weighted by atomic mass is 10.0. The number of alkyl carbamates (subject to hydrolysis) is 1. The molecule has 0 aliphatic carbocycles. The predicted molar refractivity (Wildman–Crippen MR) is 85.2 cm³/mol. The van der Waals surface area contributed by atoms with E-state index in [4.69, 9.17) is 9.84 Å². The minimum Gasteiger partial charge on any atom is -0.481 e. The molecule has 126 valence electrons. The lowest BCUT2D eigenvalue weighted by Crippen LogP contribution is -2.36. The number of ether oxygens (including phenoxy) is 1. The highest BCUT2D eigenvalue weighted by atomic mass is 79.9. The molecule has 9 heteroatoms. The van der Waals surface area contributed by atoms with Crippen LogP contribution in [0.2, 0.25) is 0 Å². The lowest BCUT2D eigenvalue weighted by Gasteiger charge is -2.23. The van der Waals surface area contributed by atoms with E-state index in [0.29, 0.717) is 4.47 Å². The predicted octanol–water partition coefficient (Wildman–Crippen LogP) is 3.40. The van der Waals surface area contributed by atoms with Crippen LogP contribution in [-0.2, 0) is 9.53 Å². The molecule has 1 atom stereocenters. The van der Waals surface area contributed by atoms with Gasteiger partial charge in [0.1, 0.15) is 5.60 Å². The Labute approximate surface area is 141 Å². The number of aliphatic carboxylic acids is 1. The first-order valence-electron chi connectivity index (χ1n) is 6.65. The Bertz CT molecular complexity index is 626. The maximum Gasteiger partial charge on any atom is 0.408 e. The minimum absolute atomic E-state index is 0.0893. The van der Waals surface area contributed by atoms with Crippen LogP contribution in [0.5, 0.6) is 0 Å². The van der Waals surface area contributed by atoms with Crippen molar-refractivity contribution in [3.05, 3.63) is 38.3 Å². The summed E-state index contributed by atoms with van der Waals surface area (Å²) >= 11 is 3.12. The van der Waals surface area contributed by atoms with Crippen molar-refractivity contribution >= 4 is 33.7 Å². The third-order valence-electron chi connectivity index (χ3n) is 2.63. The van der Waals surface area contributed by atoms with Crippen LogP contribution in [0.25, 0.3) is 0 Å². The number of nitro benzene ring substituents is 1. The molecule has 0 aromatic heterocycles. The van der Waals surface area contributed by atoms with Crippen molar-refractivity contribution in [2.24, 2.45) is 0 Å². The van der Waals surface area contributed by atoms with Crippen LogP contribution < -0.4 is 5.32 Å². The summed E-state index contributed by atoms with van der Waals surface area (Å²) in [6.45, 7) is 4.96. The second-order valence-corrected chi connectivity index (χ2v) is 6.67. The number of hydrogen-bond donors (Lipinski definition) is 2. The van der Waals surface area contributed by atoms with Crippen molar-refractivity contribution in [2.75, 3.05) is 0 Å². The molecule has 1 aromatic rings. The van der Waals surface area contributed by atoms with Gasteiger partial charge in [0.05, 0.1) is 22.9 Å². The first-order valence-corrected chi connectivity index (χ1v) is 7.44. The molecule has 0 radical (unpaired) electrons. The Balaban J connectivity index is 3.15. The number of halogens is 1. The molecular weight excluding hydrogens is 372 g/mol. The quantitative estimate of drug-likeness (QED) is 0.589. The molecule has 0 fully saturated rings. The number of nitrogens with zero attached hydrogens (tertiary/aromatic N) is 1. The number of nitro groups is 1. The first-order chi connectivity index (χ1) is 10.5. The minimum atomic E-state index is -1.21. The Morgan fingerprint density at radius 3 is 2.52 bits per heavy atom. The number of carbonyl (C=O) groups is 2. The van der Waals surface area contributed by atoms with E-state index in [9.17, 15) is 19.7 Å². The zero-order chi connectivity index (χ0) is 17.8. The van der Waals surface area contributed by atoms with Gasteiger partial charge < -0.3 is 15.2 Å². The van der Waals surface area contributed by atoms with E-state index in [0.717, 1.165) is 0 Å². The number of rotatable bonds is 5. The summed E-state index contributed by atoms with van der Waals surface area (Å²) in [5, 5.41) is 22.5. The van der Waals surface area contributed by atoms with Gasteiger partial charge in [-0.2, -0.15) is 0 Å². The monoisotopic (exact) mass is 388 g/mol. The van der Waals surface area contributed by atoms with Crippen LogP contribution in [0.15, 0.2) is 22.7 Å². The summed E-state index contributed by atoms with van der Waals surface area (Å²) in [7, 11) is 0. The highest BCUT2D eigenvalue weighted by Gasteiger charge is 2.28. The number of carboxylic acid groups (broad SMARTS) is 1. The highest BCUT2D eigenvalue weighted by Crippen LogP contribution is 2.30. The van der Waals surface area contributed by atoms with E-state index < -0.39 is 35.0 Å². The van der Waals surface area contributed by atoms with E-state index in [1.165, 1.54) is 18.2 Å².